The average molecular weight is 246 g/mol. The second-order valence-electron chi connectivity index (χ2n) is 4.10. The Morgan fingerprint density at radius 1 is 1.33 bits per heavy atom. The number of fused-ring (bicyclic) bond motifs is 1. The molecule has 0 N–H and O–H groups in total. The van der Waals surface area contributed by atoms with E-state index in [4.69, 9.17) is 9.15 Å². The van der Waals surface area contributed by atoms with Gasteiger partial charge in [0.1, 0.15) is 17.1 Å². The van der Waals surface area contributed by atoms with E-state index < -0.39 is 0 Å². The molecule has 2 aromatic rings. The summed E-state index contributed by atoms with van der Waals surface area (Å²) in [6, 6.07) is 4.78. The molecule has 4 nitrogen and oxygen atoms in total. The van der Waals surface area contributed by atoms with Crippen molar-refractivity contribution in [2.24, 2.45) is 0 Å². The first-order chi connectivity index (χ1) is 8.52. The van der Waals surface area contributed by atoms with Crippen LogP contribution in [-0.4, -0.2) is 5.97 Å². The SMILES string of the molecule is CCC(=O)Oc1ccc2c(=O)c(C)c(C)oc2c1. The molecule has 0 saturated carbocycles. The summed E-state index contributed by atoms with van der Waals surface area (Å²) in [7, 11) is 0. The number of rotatable bonds is 2. The highest BCUT2D eigenvalue weighted by molar-refractivity contribution is 5.80. The highest BCUT2D eigenvalue weighted by Gasteiger charge is 2.09. The first-order valence-corrected chi connectivity index (χ1v) is 5.77. The van der Waals surface area contributed by atoms with Gasteiger partial charge in [-0.2, -0.15) is 0 Å². The minimum absolute atomic E-state index is 0.0536. The molecule has 2 rings (SSSR count). The largest absolute Gasteiger partial charge is 0.461 e. The van der Waals surface area contributed by atoms with Crippen LogP contribution >= 0.6 is 0 Å². The summed E-state index contributed by atoms with van der Waals surface area (Å²) in [4.78, 5) is 23.2. The van der Waals surface area contributed by atoms with Gasteiger partial charge >= 0.3 is 5.97 Å². The highest BCUT2D eigenvalue weighted by atomic mass is 16.5. The number of carbonyl (C=O) groups is 1. The summed E-state index contributed by atoms with van der Waals surface area (Å²) < 4.78 is 10.6. The van der Waals surface area contributed by atoms with Crippen LogP contribution in [0.1, 0.15) is 24.7 Å². The van der Waals surface area contributed by atoms with Crippen molar-refractivity contribution in [2.45, 2.75) is 27.2 Å². The van der Waals surface area contributed by atoms with E-state index in [1.165, 1.54) is 0 Å². The molecule has 0 radical (unpaired) electrons. The van der Waals surface area contributed by atoms with Crippen molar-refractivity contribution in [3.05, 3.63) is 39.7 Å². The Labute approximate surface area is 104 Å². The van der Waals surface area contributed by atoms with Gasteiger partial charge in [-0.3, -0.25) is 9.59 Å². The van der Waals surface area contributed by atoms with Gasteiger partial charge in [0.2, 0.25) is 0 Å². The summed E-state index contributed by atoms with van der Waals surface area (Å²) >= 11 is 0. The lowest BCUT2D eigenvalue weighted by molar-refractivity contribution is -0.134. The minimum Gasteiger partial charge on any atom is -0.461 e. The third kappa shape index (κ3) is 2.14. The molecule has 0 bridgehead atoms. The van der Waals surface area contributed by atoms with Crippen LogP contribution in [0.5, 0.6) is 5.75 Å². The Kier molecular flexibility index (Phi) is 3.19. The number of hydrogen-bond acceptors (Lipinski definition) is 4. The standard InChI is InChI=1S/C14H14O4/c1-4-13(15)18-10-5-6-11-12(7-10)17-9(3)8(2)14(11)16/h5-7H,4H2,1-3H3. The van der Waals surface area contributed by atoms with Crippen molar-refractivity contribution >= 4 is 16.9 Å². The molecule has 1 heterocycles. The van der Waals surface area contributed by atoms with Crippen molar-refractivity contribution in [1.82, 2.24) is 0 Å². The topological polar surface area (TPSA) is 56.5 Å². The van der Waals surface area contributed by atoms with Crippen LogP contribution in [0.15, 0.2) is 27.4 Å². The molecule has 0 aliphatic heterocycles. The second-order valence-corrected chi connectivity index (χ2v) is 4.10. The summed E-state index contributed by atoms with van der Waals surface area (Å²) in [6.45, 7) is 5.18. The van der Waals surface area contributed by atoms with Gasteiger partial charge in [0.05, 0.1) is 5.39 Å². The van der Waals surface area contributed by atoms with Crippen LogP contribution in [0.25, 0.3) is 11.0 Å². The quantitative estimate of drug-likeness (QED) is 0.604. The number of benzene rings is 1. The van der Waals surface area contributed by atoms with Crippen molar-refractivity contribution < 1.29 is 13.9 Å². The summed E-state index contributed by atoms with van der Waals surface area (Å²) in [6.07, 6.45) is 0.301. The molecular weight excluding hydrogens is 232 g/mol. The molecule has 18 heavy (non-hydrogen) atoms. The van der Waals surface area contributed by atoms with Gasteiger partial charge in [0.25, 0.3) is 0 Å². The lowest BCUT2D eigenvalue weighted by Gasteiger charge is -2.05. The fourth-order valence-electron chi connectivity index (χ4n) is 1.65. The molecule has 0 amide bonds. The maximum absolute atomic E-state index is 12.0. The Morgan fingerprint density at radius 3 is 2.72 bits per heavy atom. The van der Waals surface area contributed by atoms with Crippen LogP contribution in [0.3, 0.4) is 0 Å². The van der Waals surface area contributed by atoms with Gasteiger partial charge in [0.15, 0.2) is 5.43 Å². The van der Waals surface area contributed by atoms with E-state index in [0.717, 1.165) is 0 Å². The first-order valence-electron chi connectivity index (χ1n) is 5.77. The smallest absolute Gasteiger partial charge is 0.310 e. The fraction of sp³-hybridized carbons (Fsp3) is 0.286. The molecule has 94 valence electrons. The summed E-state index contributed by atoms with van der Waals surface area (Å²) in [5.41, 5.74) is 0.979. The monoisotopic (exact) mass is 246 g/mol. The van der Waals surface area contributed by atoms with Crippen LogP contribution in [-0.2, 0) is 4.79 Å². The molecule has 0 atom stereocenters. The predicted octanol–water partition coefficient (Wildman–Crippen LogP) is 2.73. The van der Waals surface area contributed by atoms with Gasteiger partial charge in [0, 0.05) is 18.1 Å². The van der Waals surface area contributed by atoms with Crippen LogP contribution in [0.4, 0.5) is 0 Å². The zero-order valence-electron chi connectivity index (χ0n) is 10.6. The van der Waals surface area contributed by atoms with E-state index in [1.807, 2.05) is 0 Å². The van der Waals surface area contributed by atoms with Gasteiger partial charge in [-0.15, -0.1) is 0 Å². The number of esters is 1. The van der Waals surface area contributed by atoms with E-state index in [2.05, 4.69) is 0 Å². The Bertz CT molecular complexity index is 667. The fourth-order valence-corrected chi connectivity index (χ4v) is 1.65. The van der Waals surface area contributed by atoms with Crippen molar-refractivity contribution in [1.29, 1.82) is 0 Å². The molecule has 0 saturated heterocycles. The third-order valence-electron chi connectivity index (χ3n) is 2.85. The number of aryl methyl sites for hydroxylation is 1. The van der Waals surface area contributed by atoms with E-state index >= 15 is 0 Å². The van der Waals surface area contributed by atoms with Crippen molar-refractivity contribution in [2.75, 3.05) is 0 Å². The lowest BCUT2D eigenvalue weighted by Crippen LogP contribution is -2.08. The zero-order valence-corrected chi connectivity index (χ0v) is 10.6. The maximum atomic E-state index is 12.0. The van der Waals surface area contributed by atoms with E-state index in [1.54, 1.807) is 39.0 Å². The molecule has 0 fully saturated rings. The first kappa shape index (κ1) is 12.4. The Balaban J connectivity index is 2.56. The van der Waals surface area contributed by atoms with Crippen LogP contribution < -0.4 is 10.2 Å². The van der Waals surface area contributed by atoms with Crippen molar-refractivity contribution in [3.63, 3.8) is 0 Å². The Morgan fingerprint density at radius 2 is 2.06 bits per heavy atom. The maximum Gasteiger partial charge on any atom is 0.310 e. The van der Waals surface area contributed by atoms with Crippen molar-refractivity contribution in [3.8, 4) is 5.75 Å². The summed E-state index contributed by atoms with van der Waals surface area (Å²) in [5.74, 6) is 0.646. The highest BCUT2D eigenvalue weighted by Crippen LogP contribution is 2.21. The van der Waals surface area contributed by atoms with Gasteiger partial charge in [-0.1, -0.05) is 6.92 Å². The second kappa shape index (κ2) is 4.64. The molecule has 1 aromatic heterocycles. The van der Waals surface area contributed by atoms with E-state index in [0.29, 0.717) is 34.5 Å². The van der Waals surface area contributed by atoms with Crippen LogP contribution in [0.2, 0.25) is 0 Å². The molecule has 0 unspecified atom stereocenters. The third-order valence-corrected chi connectivity index (χ3v) is 2.85. The average Bonchev–Trinajstić information content (AvgIpc) is 2.35. The zero-order chi connectivity index (χ0) is 13.3. The molecule has 1 aromatic carbocycles. The summed E-state index contributed by atoms with van der Waals surface area (Å²) in [5, 5.41) is 0.495. The Hall–Kier alpha value is -2.10. The van der Waals surface area contributed by atoms with E-state index in [-0.39, 0.29) is 11.4 Å². The number of hydrogen-bond donors (Lipinski definition) is 0. The minimum atomic E-state index is -0.319. The lowest BCUT2D eigenvalue weighted by atomic mass is 10.1. The van der Waals surface area contributed by atoms with Crippen LogP contribution in [0, 0.1) is 13.8 Å². The molecule has 0 aliphatic carbocycles. The van der Waals surface area contributed by atoms with E-state index in [9.17, 15) is 9.59 Å². The predicted molar refractivity (Wildman–Crippen MR) is 67.9 cm³/mol. The molecular formula is C14H14O4. The van der Waals surface area contributed by atoms with Gasteiger partial charge in [-0.25, -0.2) is 0 Å². The number of carbonyl (C=O) groups excluding carboxylic acids is 1. The normalized spacial score (nSPS) is 10.6. The van der Waals surface area contributed by atoms with Gasteiger partial charge in [-0.05, 0) is 26.0 Å². The van der Waals surface area contributed by atoms with Gasteiger partial charge < -0.3 is 9.15 Å². The molecule has 0 aliphatic rings. The molecule has 0 spiro atoms. The molecule has 4 heteroatoms. The number of ether oxygens (including phenoxy) is 1.